The summed E-state index contributed by atoms with van der Waals surface area (Å²) in [5, 5.41) is 4.60. The maximum atomic E-state index is 6.47. The van der Waals surface area contributed by atoms with Gasteiger partial charge in [-0.2, -0.15) is 0 Å². The fourth-order valence-electron chi connectivity index (χ4n) is 10.6. The quantitative estimate of drug-likeness (QED) is 0.160. The fourth-order valence-corrected chi connectivity index (χ4v) is 10.6. The van der Waals surface area contributed by atoms with E-state index in [0.29, 0.717) is 0 Å². The van der Waals surface area contributed by atoms with E-state index in [0.717, 1.165) is 72.2 Å². The van der Waals surface area contributed by atoms with Gasteiger partial charge in [-0.3, -0.25) is 0 Å². The Kier molecular flexibility index (Phi) is 8.34. The van der Waals surface area contributed by atoms with Crippen LogP contribution in [-0.2, 0) is 5.41 Å². The molecule has 13 rings (SSSR count). The summed E-state index contributed by atoms with van der Waals surface area (Å²) in [6.45, 7) is 2.38. The van der Waals surface area contributed by atoms with Crippen LogP contribution >= 0.6 is 0 Å². The monoisotopic (exact) mass is 831 g/mol. The van der Waals surface area contributed by atoms with E-state index >= 15 is 0 Å². The molecule has 2 heterocycles. The smallest absolute Gasteiger partial charge is 0.136 e. The molecule has 1 aliphatic rings. The highest BCUT2D eigenvalue weighted by atomic mass is 16.3. The number of hydrogen-bond donors (Lipinski definition) is 0. The largest absolute Gasteiger partial charge is 0.456 e. The van der Waals surface area contributed by atoms with Crippen LogP contribution in [0.25, 0.3) is 88.4 Å². The Morgan fingerprint density at radius 1 is 0.338 bits per heavy atom. The van der Waals surface area contributed by atoms with Gasteiger partial charge >= 0.3 is 0 Å². The van der Waals surface area contributed by atoms with Crippen molar-refractivity contribution >= 4 is 60.9 Å². The Hall–Kier alpha value is -8.40. The van der Waals surface area contributed by atoms with Crippen molar-refractivity contribution in [1.29, 1.82) is 0 Å². The Morgan fingerprint density at radius 2 is 0.862 bits per heavy atom. The third-order valence-corrected chi connectivity index (χ3v) is 13.8. The van der Waals surface area contributed by atoms with Gasteiger partial charge in [-0.1, -0.05) is 164 Å². The fraction of sp³-hybridized carbons (Fsp3) is 0.0323. The molecule has 0 saturated carbocycles. The van der Waals surface area contributed by atoms with Crippen LogP contribution < -0.4 is 4.90 Å². The number of furan rings is 2. The summed E-state index contributed by atoms with van der Waals surface area (Å²) in [5.74, 6) is 0. The molecule has 10 aromatic carbocycles. The highest BCUT2D eigenvalue weighted by Gasteiger charge is 2.42. The molecule has 0 fully saturated rings. The van der Waals surface area contributed by atoms with Crippen LogP contribution in [0.1, 0.15) is 23.6 Å². The van der Waals surface area contributed by atoms with Gasteiger partial charge in [0.15, 0.2) is 0 Å². The van der Waals surface area contributed by atoms with Gasteiger partial charge < -0.3 is 13.7 Å². The molecular weight excluding hydrogens is 791 g/mol. The normalized spacial score (nSPS) is 14.3. The molecule has 306 valence electrons. The Labute approximate surface area is 377 Å². The van der Waals surface area contributed by atoms with Gasteiger partial charge in [0.05, 0.1) is 0 Å². The number of anilines is 3. The number of fused-ring (bicyclic) bond motifs is 10. The first-order chi connectivity index (χ1) is 32.1. The minimum absolute atomic E-state index is 0.329. The van der Waals surface area contributed by atoms with E-state index in [2.05, 4.69) is 230 Å². The first kappa shape index (κ1) is 37.2. The van der Waals surface area contributed by atoms with E-state index in [1.54, 1.807) is 0 Å². The second kappa shape index (κ2) is 14.6. The molecular formula is C62H41NO2. The van der Waals surface area contributed by atoms with Gasteiger partial charge in [0, 0.05) is 44.0 Å². The van der Waals surface area contributed by atoms with Gasteiger partial charge in [0.2, 0.25) is 0 Å². The van der Waals surface area contributed by atoms with Crippen molar-refractivity contribution in [3.63, 3.8) is 0 Å². The summed E-state index contributed by atoms with van der Waals surface area (Å²) in [4.78, 5) is 2.36. The first-order valence-electron chi connectivity index (χ1n) is 22.3. The summed E-state index contributed by atoms with van der Waals surface area (Å²) in [7, 11) is 0. The van der Waals surface area contributed by atoms with Crippen molar-refractivity contribution in [3.8, 4) is 44.5 Å². The van der Waals surface area contributed by atoms with E-state index in [4.69, 9.17) is 8.83 Å². The Balaban J connectivity index is 0.927. The van der Waals surface area contributed by atoms with Crippen molar-refractivity contribution < 1.29 is 8.83 Å². The minimum Gasteiger partial charge on any atom is -0.456 e. The van der Waals surface area contributed by atoms with Gasteiger partial charge in [0.25, 0.3) is 0 Å². The van der Waals surface area contributed by atoms with E-state index in [1.807, 2.05) is 12.1 Å². The molecule has 1 unspecified atom stereocenters. The lowest BCUT2D eigenvalue weighted by Gasteiger charge is -2.28. The van der Waals surface area contributed by atoms with E-state index in [-0.39, 0.29) is 5.41 Å². The number of rotatable bonds is 7. The summed E-state index contributed by atoms with van der Waals surface area (Å²) >= 11 is 0. The lowest BCUT2D eigenvalue weighted by Crippen LogP contribution is -2.22. The molecule has 3 nitrogen and oxygen atoms in total. The summed E-state index contributed by atoms with van der Waals surface area (Å²) < 4.78 is 12.7. The van der Waals surface area contributed by atoms with Crippen LogP contribution in [0.2, 0.25) is 0 Å². The van der Waals surface area contributed by atoms with Crippen LogP contribution in [-0.4, -0.2) is 0 Å². The predicted molar refractivity (Wildman–Crippen MR) is 269 cm³/mol. The Bertz CT molecular complexity index is 3770. The third-order valence-electron chi connectivity index (χ3n) is 13.8. The van der Waals surface area contributed by atoms with Gasteiger partial charge in [-0.15, -0.1) is 0 Å². The molecule has 0 N–H and O–H groups in total. The minimum atomic E-state index is -0.329. The number of benzene rings is 10. The molecule has 65 heavy (non-hydrogen) atoms. The molecule has 2 aromatic heterocycles. The van der Waals surface area contributed by atoms with Crippen LogP contribution in [0.3, 0.4) is 0 Å². The molecule has 1 aliphatic carbocycles. The lowest BCUT2D eigenvalue weighted by molar-refractivity contribution is 0.667. The lowest BCUT2D eigenvalue weighted by atomic mass is 9.74. The SMILES string of the molecule is CC1(c2ccccc2)c2ccc(-c3ccc(N(c4ccc(-c5cccc6oc7ccccc7c56)cc4)c4cccc(-c5ccccc5)c4)cc3)cc2-c2c1ccc1oc3ccccc3c21. The zero-order valence-corrected chi connectivity index (χ0v) is 35.7. The van der Waals surface area contributed by atoms with Crippen LogP contribution in [0.5, 0.6) is 0 Å². The average molecular weight is 832 g/mol. The Morgan fingerprint density at radius 3 is 1.58 bits per heavy atom. The molecule has 0 spiro atoms. The average Bonchev–Trinajstić information content (AvgIpc) is 4.03. The van der Waals surface area contributed by atoms with Gasteiger partial charge in [-0.05, 0) is 135 Å². The second-order valence-corrected chi connectivity index (χ2v) is 17.3. The summed E-state index contributed by atoms with van der Waals surface area (Å²) in [5.41, 5.74) is 19.9. The number of para-hydroxylation sites is 2. The summed E-state index contributed by atoms with van der Waals surface area (Å²) in [6.07, 6.45) is 0. The highest BCUT2D eigenvalue weighted by Crippen LogP contribution is 2.56. The summed E-state index contributed by atoms with van der Waals surface area (Å²) in [6, 6.07) is 82.9. The van der Waals surface area contributed by atoms with Crippen LogP contribution in [0.4, 0.5) is 17.1 Å². The third kappa shape index (κ3) is 5.82. The highest BCUT2D eigenvalue weighted by molar-refractivity contribution is 6.16. The number of hydrogen-bond acceptors (Lipinski definition) is 3. The van der Waals surface area contributed by atoms with Crippen molar-refractivity contribution in [1.82, 2.24) is 0 Å². The molecule has 0 amide bonds. The van der Waals surface area contributed by atoms with Crippen molar-refractivity contribution in [2.24, 2.45) is 0 Å². The van der Waals surface area contributed by atoms with Crippen molar-refractivity contribution in [3.05, 3.63) is 247 Å². The molecule has 0 radical (unpaired) electrons. The number of nitrogens with zero attached hydrogens (tertiary/aromatic N) is 1. The molecule has 0 bridgehead atoms. The van der Waals surface area contributed by atoms with Crippen LogP contribution in [0.15, 0.2) is 239 Å². The van der Waals surface area contributed by atoms with E-state index < -0.39 is 0 Å². The molecule has 12 aromatic rings. The van der Waals surface area contributed by atoms with E-state index in [1.165, 1.54) is 49.9 Å². The molecule has 0 aliphatic heterocycles. The predicted octanol–water partition coefficient (Wildman–Crippen LogP) is 17.3. The zero-order valence-electron chi connectivity index (χ0n) is 35.7. The van der Waals surface area contributed by atoms with Crippen molar-refractivity contribution in [2.75, 3.05) is 4.90 Å². The molecule has 3 heteroatoms. The molecule has 0 saturated heterocycles. The maximum absolute atomic E-state index is 6.47. The maximum Gasteiger partial charge on any atom is 0.136 e. The second-order valence-electron chi connectivity index (χ2n) is 17.3. The first-order valence-corrected chi connectivity index (χ1v) is 22.3. The topological polar surface area (TPSA) is 29.5 Å². The standard InChI is InChI=1S/C62H41NO2/c1-62(45-17-6-3-7-18-45)53-35-30-44(39-52(53)60-54(62)36-37-58-61(60)51-21-9-11-24-56(51)65-58)41-26-31-46(32-27-41)63(48-19-12-16-43(38-48)40-14-4-2-5-15-40)47-33-28-42(29-34-47)49-22-13-25-57-59(49)50-20-8-10-23-55(50)64-57/h2-39H,1H3. The van der Waals surface area contributed by atoms with Gasteiger partial charge in [0.1, 0.15) is 22.3 Å². The zero-order chi connectivity index (χ0) is 43.1. The van der Waals surface area contributed by atoms with Crippen LogP contribution in [0, 0.1) is 0 Å². The van der Waals surface area contributed by atoms with Crippen molar-refractivity contribution in [2.45, 2.75) is 12.3 Å². The van der Waals surface area contributed by atoms with Gasteiger partial charge in [-0.25, -0.2) is 0 Å². The molecule has 1 atom stereocenters. The van der Waals surface area contributed by atoms with E-state index in [9.17, 15) is 0 Å².